The molecule has 1 heteroatoms. The predicted molar refractivity (Wildman–Crippen MR) is 175 cm³/mol. The van der Waals surface area contributed by atoms with E-state index in [0.717, 1.165) is 15.8 Å². The summed E-state index contributed by atoms with van der Waals surface area (Å²) >= 11 is 0. The molecule has 7 rings (SSSR count). The monoisotopic (exact) mass is 536 g/mol. The molecule has 0 fully saturated rings. The molecule has 0 aromatic heterocycles. The Morgan fingerprint density at radius 3 is 1.63 bits per heavy atom. The lowest BCUT2D eigenvalue weighted by Gasteiger charge is -2.26. The molecule has 0 aliphatic carbocycles. The molecular weight excluding hydrogens is 494 g/mol. The van der Waals surface area contributed by atoms with Crippen LogP contribution in [0.2, 0.25) is 0 Å². The Bertz CT molecular complexity index is 2560. The summed E-state index contributed by atoms with van der Waals surface area (Å²) in [6, 6.07) is 20.6. The van der Waals surface area contributed by atoms with Crippen LogP contribution >= 0.6 is 0 Å². The maximum absolute atomic E-state index is 9.43. The molecule has 0 unspecified atom stereocenters. The molecule has 0 aliphatic heterocycles. The highest BCUT2D eigenvalue weighted by atomic mass is 15.1. The van der Waals surface area contributed by atoms with Crippen molar-refractivity contribution >= 4 is 27.8 Å². The Morgan fingerprint density at radius 1 is 0.390 bits per heavy atom. The van der Waals surface area contributed by atoms with E-state index < -0.39 is 95.4 Å². The molecular formula is C40H29N. The maximum Gasteiger partial charge on any atom is 0.0645 e. The summed E-state index contributed by atoms with van der Waals surface area (Å²) in [5.74, 6) is 0. The van der Waals surface area contributed by atoms with Crippen LogP contribution in [0.3, 0.4) is 0 Å². The molecule has 0 spiro atoms. The molecule has 194 valence electrons. The van der Waals surface area contributed by atoms with Crippen LogP contribution in [0.5, 0.6) is 0 Å². The Hall–Kier alpha value is -5.40. The van der Waals surface area contributed by atoms with E-state index >= 15 is 0 Å². The van der Waals surface area contributed by atoms with Crippen molar-refractivity contribution in [3.05, 3.63) is 176 Å². The summed E-state index contributed by atoms with van der Waals surface area (Å²) in [5.41, 5.74) is 0.437. The molecule has 0 heterocycles. The summed E-state index contributed by atoms with van der Waals surface area (Å²) in [7, 11) is 0. The molecule has 0 bridgehead atoms. The maximum atomic E-state index is 9.43. The molecule has 0 atom stereocenters. The number of benzene rings is 7. The molecule has 0 N–H and O–H groups in total. The van der Waals surface area contributed by atoms with Gasteiger partial charge in [-0.3, -0.25) is 0 Å². The minimum atomic E-state index is -0.722. The van der Waals surface area contributed by atoms with E-state index in [9.17, 15) is 8.22 Å². The predicted octanol–water partition coefficient (Wildman–Crippen LogP) is 11.3. The van der Waals surface area contributed by atoms with Crippen LogP contribution in [-0.2, 0) is 0 Å². The van der Waals surface area contributed by atoms with Crippen molar-refractivity contribution in [1.82, 2.24) is 0 Å². The van der Waals surface area contributed by atoms with Crippen molar-refractivity contribution in [1.29, 1.82) is 0 Å². The van der Waals surface area contributed by atoms with Crippen LogP contribution in [0.25, 0.3) is 44.2 Å². The van der Waals surface area contributed by atoms with Crippen molar-refractivity contribution in [2.75, 3.05) is 4.90 Å². The van der Waals surface area contributed by atoms with Gasteiger partial charge in [0.1, 0.15) is 0 Å². The summed E-state index contributed by atoms with van der Waals surface area (Å²) < 4.78 is 115. The number of hydrogen-bond acceptors (Lipinski definition) is 1. The average molecular weight is 537 g/mol. The normalized spacial score (nSPS) is 15.4. The second-order valence-corrected chi connectivity index (χ2v) is 9.19. The fourth-order valence-corrected chi connectivity index (χ4v) is 4.81. The molecule has 41 heavy (non-hydrogen) atoms. The van der Waals surface area contributed by atoms with Crippen molar-refractivity contribution in [2.24, 2.45) is 0 Å². The summed E-state index contributed by atoms with van der Waals surface area (Å²) in [5, 5.41) is 1.53. The van der Waals surface area contributed by atoms with Gasteiger partial charge < -0.3 is 4.90 Å². The standard InChI is InChI=1S/C40H29N/c1-4-12-30(13-5-1)31-20-25-36(26-21-31)41(35-17-8-3-9-18-35)37-27-22-34(23-28-37)40-38-19-11-10-16-33(38)24-29-39(40)32-14-6-2-7-15-32/h1-29H/i1D,4D,5D,12D,13D,20D,21D,22D,23D,25D,26D,27D,28D. The summed E-state index contributed by atoms with van der Waals surface area (Å²) in [6.07, 6.45) is 0. The zero-order chi connectivity index (χ0) is 38.7. The third-order valence-corrected chi connectivity index (χ3v) is 6.70. The van der Waals surface area contributed by atoms with Gasteiger partial charge in [-0.2, -0.15) is 0 Å². The fourth-order valence-electron chi connectivity index (χ4n) is 4.81. The van der Waals surface area contributed by atoms with Gasteiger partial charge in [0.2, 0.25) is 0 Å². The van der Waals surface area contributed by atoms with Gasteiger partial charge in [-0.15, -0.1) is 0 Å². The molecule has 7 aromatic carbocycles. The fraction of sp³-hybridized carbons (Fsp3) is 0. The summed E-state index contributed by atoms with van der Waals surface area (Å²) in [4.78, 5) is 1.15. The zero-order valence-electron chi connectivity index (χ0n) is 34.7. The first-order chi connectivity index (χ1) is 25.8. The number of para-hydroxylation sites is 1. The van der Waals surface area contributed by atoms with Crippen LogP contribution in [-0.4, -0.2) is 0 Å². The lowest BCUT2D eigenvalue weighted by Crippen LogP contribution is -2.09. The number of rotatable bonds is 6. The van der Waals surface area contributed by atoms with E-state index in [-0.39, 0.29) is 16.9 Å². The van der Waals surface area contributed by atoms with E-state index in [2.05, 4.69) is 0 Å². The minimum absolute atomic E-state index is 0.0357. The van der Waals surface area contributed by atoms with Gasteiger partial charge in [-0.25, -0.2) is 0 Å². The van der Waals surface area contributed by atoms with Crippen LogP contribution in [0.4, 0.5) is 17.1 Å². The third-order valence-electron chi connectivity index (χ3n) is 6.70. The molecule has 0 aliphatic rings. The van der Waals surface area contributed by atoms with Crippen LogP contribution in [0.15, 0.2) is 176 Å². The molecule has 1 nitrogen and oxygen atoms in total. The van der Waals surface area contributed by atoms with Crippen molar-refractivity contribution < 1.29 is 17.8 Å². The summed E-state index contributed by atoms with van der Waals surface area (Å²) in [6.45, 7) is 0. The van der Waals surface area contributed by atoms with Gasteiger partial charge in [0, 0.05) is 17.1 Å². The van der Waals surface area contributed by atoms with Crippen LogP contribution in [0, 0.1) is 0 Å². The third kappa shape index (κ3) is 4.90. The van der Waals surface area contributed by atoms with E-state index in [0.29, 0.717) is 16.5 Å². The minimum Gasteiger partial charge on any atom is -0.311 e. The van der Waals surface area contributed by atoms with Crippen molar-refractivity contribution in [3.8, 4) is 33.4 Å². The first kappa shape index (κ1) is 14.3. The SMILES string of the molecule is [2H]c1c([2H])c([2H])c(-c2c([2H])c([2H])c(N(c3ccccc3)c3c([2H])c([2H])c(-c4c(-c5ccccc5)ccc5ccccc45)c([2H])c3[2H])c([2H])c2[2H])c([2H])c1[2H]. The Balaban J connectivity index is 1.55. The second kappa shape index (κ2) is 11.0. The van der Waals surface area contributed by atoms with Crippen molar-refractivity contribution in [3.63, 3.8) is 0 Å². The zero-order valence-corrected chi connectivity index (χ0v) is 21.7. The molecule has 0 saturated carbocycles. The topological polar surface area (TPSA) is 3.24 Å². The smallest absolute Gasteiger partial charge is 0.0645 e. The highest BCUT2D eigenvalue weighted by Crippen LogP contribution is 2.41. The highest BCUT2D eigenvalue weighted by Gasteiger charge is 2.15. The van der Waals surface area contributed by atoms with E-state index in [1.165, 1.54) is 0 Å². The van der Waals surface area contributed by atoms with E-state index in [4.69, 9.17) is 9.60 Å². The Labute approximate surface area is 259 Å². The number of nitrogens with zero attached hydrogens (tertiary/aromatic N) is 1. The number of hydrogen-bond donors (Lipinski definition) is 0. The van der Waals surface area contributed by atoms with Gasteiger partial charge in [0.25, 0.3) is 0 Å². The van der Waals surface area contributed by atoms with Gasteiger partial charge in [0.05, 0.1) is 17.8 Å². The van der Waals surface area contributed by atoms with Gasteiger partial charge in [0.15, 0.2) is 0 Å². The second-order valence-electron chi connectivity index (χ2n) is 9.19. The average Bonchev–Trinajstić information content (AvgIpc) is 3.19. The van der Waals surface area contributed by atoms with Gasteiger partial charge in [-0.1, -0.05) is 139 Å². The van der Waals surface area contributed by atoms with Crippen LogP contribution < -0.4 is 4.90 Å². The largest absolute Gasteiger partial charge is 0.311 e. The first-order valence-electron chi connectivity index (χ1n) is 19.5. The van der Waals surface area contributed by atoms with E-state index in [1.54, 1.807) is 30.3 Å². The van der Waals surface area contributed by atoms with Crippen LogP contribution in [0.1, 0.15) is 17.8 Å². The number of fused-ring (bicyclic) bond motifs is 1. The van der Waals surface area contributed by atoms with Gasteiger partial charge in [-0.05, 0) is 80.5 Å². The lowest BCUT2D eigenvalue weighted by atomic mass is 9.89. The molecule has 7 aromatic rings. The molecule has 0 radical (unpaired) electrons. The Morgan fingerprint density at radius 2 is 0.951 bits per heavy atom. The molecule has 0 amide bonds. The molecule has 0 saturated heterocycles. The number of anilines is 3. The van der Waals surface area contributed by atoms with Gasteiger partial charge >= 0.3 is 0 Å². The van der Waals surface area contributed by atoms with Crippen molar-refractivity contribution in [2.45, 2.75) is 0 Å². The van der Waals surface area contributed by atoms with E-state index in [1.807, 2.05) is 66.7 Å². The lowest BCUT2D eigenvalue weighted by molar-refractivity contribution is 1.28. The Kier molecular flexibility index (Phi) is 3.83. The highest BCUT2D eigenvalue weighted by molar-refractivity contribution is 6.04. The first-order valence-corrected chi connectivity index (χ1v) is 13.0. The quantitative estimate of drug-likeness (QED) is 0.204.